The van der Waals surface area contributed by atoms with Gasteiger partial charge in [0.15, 0.2) is 0 Å². The molecule has 180 valence electrons. The Balaban J connectivity index is 1.21. The van der Waals surface area contributed by atoms with Crippen molar-refractivity contribution in [1.82, 2.24) is 20.4 Å². The number of benzene rings is 2. The van der Waals surface area contributed by atoms with E-state index in [1.807, 2.05) is 50.2 Å². The Labute approximate surface area is 201 Å². The minimum Gasteiger partial charge on any atom is -0.494 e. The van der Waals surface area contributed by atoms with Gasteiger partial charge >= 0.3 is 0 Å². The van der Waals surface area contributed by atoms with Gasteiger partial charge in [0.2, 0.25) is 17.6 Å². The van der Waals surface area contributed by atoms with Gasteiger partial charge in [0.1, 0.15) is 5.75 Å². The van der Waals surface area contributed by atoms with E-state index in [0.717, 1.165) is 49.1 Å². The number of carbonyl (C=O) groups is 1. The quantitative estimate of drug-likeness (QED) is 0.450. The molecule has 1 atom stereocenters. The highest BCUT2D eigenvalue weighted by atomic mass is 16.5. The molecule has 2 aromatic carbocycles. The Morgan fingerprint density at radius 3 is 2.88 bits per heavy atom. The molecule has 1 aliphatic rings. The second-order valence-electron chi connectivity index (χ2n) is 8.93. The minimum absolute atomic E-state index is 0.00149. The zero-order chi connectivity index (χ0) is 23.8. The number of likely N-dealkylation sites (tertiary alicyclic amines) is 1. The maximum atomic E-state index is 12.7. The van der Waals surface area contributed by atoms with Crippen LogP contribution in [0.4, 0.5) is 0 Å². The fraction of sp³-hybridized carbons (Fsp3) is 0.444. The van der Waals surface area contributed by atoms with Gasteiger partial charge in [-0.3, -0.25) is 9.69 Å². The van der Waals surface area contributed by atoms with E-state index in [9.17, 15) is 4.79 Å². The largest absolute Gasteiger partial charge is 0.494 e. The van der Waals surface area contributed by atoms with Crippen LogP contribution in [0.5, 0.6) is 5.75 Å². The summed E-state index contributed by atoms with van der Waals surface area (Å²) in [7, 11) is 0. The fourth-order valence-corrected chi connectivity index (χ4v) is 4.39. The molecule has 1 fully saturated rings. The van der Waals surface area contributed by atoms with Gasteiger partial charge in [-0.25, -0.2) is 0 Å². The molecule has 0 radical (unpaired) electrons. The summed E-state index contributed by atoms with van der Waals surface area (Å²) in [5.41, 5.74) is 3.37. The van der Waals surface area contributed by atoms with Crippen LogP contribution < -0.4 is 10.1 Å². The van der Waals surface area contributed by atoms with Crippen molar-refractivity contribution in [2.24, 2.45) is 5.92 Å². The Morgan fingerprint density at radius 2 is 2.09 bits per heavy atom. The second-order valence-corrected chi connectivity index (χ2v) is 8.93. The standard InChI is InChI=1S/C27H34N4O3/c1-3-33-24-13-11-21(12-14-24)8-5-15-28-27(32)23-10-6-16-31(18-23)19-25-29-26(30-34-25)22-9-4-7-20(2)17-22/h4,7,9,11-14,17,23H,3,5-6,8,10,15-16,18-19H2,1-2H3,(H,28,32). The molecule has 34 heavy (non-hydrogen) atoms. The van der Waals surface area contributed by atoms with Gasteiger partial charge in [-0.05, 0) is 69.8 Å². The maximum absolute atomic E-state index is 12.7. The summed E-state index contributed by atoms with van der Waals surface area (Å²) in [4.78, 5) is 19.5. The highest BCUT2D eigenvalue weighted by Crippen LogP contribution is 2.21. The maximum Gasteiger partial charge on any atom is 0.241 e. The van der Waals surface area contributed by atoms with Gasteiger partial charge in [-0.1, -0.05) is 41.1 Å². The van der Waals surface area contributed by atoms with Crippen molar-refractivity contribution in [2.75, 3.05) is 26.2 Å². The smallest absolute Gasteiger partial charge is 0.241 e. The van der Waals surface area contributed by atoms with Crippen LogP contribution in [0.1, 0.15) is 43.2 Å². The van der Waals surface area contributed by atoms with Crippen LogP contribution in [-0.4, -0.2) is 47.2 Å². The second kappa shape index (κ2) is 11.8. The monoisotopic (exact) mass is 462 g/mol. The number of aryl methyl sites for hydroxylation is 2. The van der Waals surface area contributed by atoms with Gasteiger partial charge in [0.05, 0.1) is 19.1 Å². The van der Waals surface area contributed by atoms with Crippen molar-refractivity contribution < 1.29 is 14.1 Å². The first-order valence-electron chi connectivity index (χ1n) is 12.2. The molecule has 2 heterocycles. The topological polar surface area (TPSA) is 80.5 Å². The molecule has 3 aromatic rings. The highest BCUT2D eigenvalue weighted by Gasteiger charge is 2.26. The SMILES string of the molecule is CCOc1ccc(CCCNC(=O)C2CCCN(Cc3nc(-c4cccc(C)c4)no3)C2)cc1. The molecule has 1 saturated heterocycles. The van der Waals surface area contributed by atoms with Crippen LogP contribution in [0.3, 0.4) is 0 Å². The summed E-state index contributed by atoms with van der Waals surface area (Å²) < 4.78 is 11.0. The molecule has 0 bridgehead atoms. The average molecular weight is 463 g/mol. The lowest BCUT2D eigenvalue weighted by molar-refractivity contribution is -0.126. The molecule has 1 aliphatic heterocycles. The molecule has 0 saturated carbocycles. The van der Waals surface area contributed by atoms with Crippen LogP contribution in [-0.2, 0) is 17.8 Å². The first-order valence-corrected chi connectivity index (χ1v) is 12.2. The van der Waals surface area contributed by atoms with Crippen molar-refractivity contribution in [3.05, 3.63) is 65.5 Å². The van der Waals surface area contributed by atoms with E-state index in [1.165, 1.54) is 5.56 Å². The zero-order valence-electron chi connectivity index (χ0n) is 20.1. The molecule has 0 spiro atoms. The van der Waals surface area contributed by atoms with Gasteiger partial charge in [-0.15, -0.1) is 0 Å². The van der Waals surface area contributed by atoms with Crippen molar-refractivity contribution in [3.8, 4) is 17.1 Å². The van der Waals surface area contributed by atoms with Crippen LogP contribution in [0.15, 0.2) is 53.1 Å². The number of nitrogens with zero attached hydrogens (tertiary/aromatic N) is 3. The third-order valence-electron chi connectivity index (χ3n) is 6.16. The van der Waals surface area contributed by atoms with E-state index in [-0.39, 0.29) is 11.8 Å². The van der Waals surface area contributed by atoms with Crippen LogP contribution in [0.2, 0.25) is 0 Å². The van der Waals surface area contributed by atoms with Crippen molar-refractivity contribution >= 4 is 5.91 Å². The van der Waals surface area contributed by atoms with Crippen LogP contribution in [0, 0.1) is 12.8 Å². The van der Waals surface area contributed by atoms with Gasteiger partial charge in [0, 0.05) is 18.7 Å². The Hall–Kier alpha value is -3.19. The van der Waals surface area contributed by atoms with E-state index in [0.29, 0.717) is 38.0 Å². The molecular formula is C27H34N4O3. The van der Waals surface area contributed by atoms with E-state index >= 15 is 0 Å². The highest BCUT2D eigenvalue weighted by molar-refractivity contribution is 5.78. The van der Waals surface area contributed by atoms with E-state index in [1.54, 1.807) is 0 Å². The molecule has 1 N–H and O–H groups in total. The van der Waals surface area contributed by atoms with E-state index < -0.39 is 0 Å². The summed E-state index contributed by atoms with van der Waals surface area (Å²) in [6.45, 7) is 7.61. The lowest BCUT2D eigenvalue weighted by Gasteiger charge is -2.30. The molecule has 1 unspecified atom stereocenters. The number of ether oxygens (including phenoxy) is 1. The first-order chi connectivity index (χ1) is 16.6. The van der Waals surface area contributed by atoms with Gasteiger partial charge in [0.25, 0.3) is 0 Å². The minimum atomic E-state index is -0.00149. The summed E-state index contributed by atoms with van der Waals surface area (Å²) in [6.07, 6.45) is 3.76. The average Bonchev–Trinajstić information content (AvgIpc) is 3.31. The number of piperidine rings is 1. The number of hydrogen-bond acceptors (Lipinski definition) is 6. The summed E-state index contributed by atoms with van der Waals surface area (Å²) in [5, 5.41) is 7.26. The molecule has 7 heteroatoms. The number of hydrogen-bond donors (Lipinski definition) is 1. The zero-order valence-corrected chi connectivity index (χ0v) is 20.1. The van der Waals surface area contributed by atoms with E-state index in [4.69, 9.17) is 9.26 Å². The summed E-state index contributed by atoms with van der Waals surface area (Å²) in [6, 6.07) is 16.3. The predicted octanol–water partition coefficient (Wildman–Crippen LogP) is 4.40. The number of aromatic nitrogens is 2. The Morgan fingerprint density at radius 1 is 1.24 bits per heavy atom. The van der Waals surface area contributed by atoms with Gasteiger partial charge in [-0.2, -0.15) is 4.98 Å². The van der Waals surface area contributed by atoms with Crippen molar-refractivity contribution in [1.29, 1.82) is 0 Å². The molecule has 4 rings (SSSR count). The van der Waals surface area contributed by atoms with Crippen molar-refractivity contribution in [2.45, 2.75) is 46.1 Å². The molecular weight excluding hydrogens is 428 g/mol. The molecule has 1 amide bonds. The lowest BCUT2D eigenvalue weighted by atomic mass is 9.97. The number of nitrogens with one attached hydrogen (secondary N) is 1. The summed E-state index contributed by atoms with van der Waals surface area (Å²) in [5.74, 6) is 2.24. The Kier molecular flexibility index (Phi) is 8.31. The van der Waals surface area contributed by atoms with Crippen LogP contribution >= 0.6 is 0 Å². The fourth-order valence-electron chi connectivity index (χ4n) is 4.39. The third kappa shape index (κ3) is 6.67. The lowest BCUT2D eigenvalue weighted by Crippen LogP contribution is -2.43. The van der Waals surface area contributed by atoms with Gasteiger partial charge < -0.3 is 14.6 Å². The first kappa shape index (κ1) is 24.0. The third-order valence-corrected chi connectivity index (χ3v) is 6.16. The van der Waals surface area contributed by atoms with Crippen LogP contribution in [0.25, 0.3) is 11.4 Å². The number of amides is 1. The normalized spacial score (nSPS) is 16.4. The molecule has 0 aliphatic carbocycles. The Bertz CT molecular complexity index is 1060. The summed E-state index contributed by atoms with van der Waals surface area (Å²) >= 11 is 0. The number of carbonyl (C=O) groups excluding carboxylic acids is 1. The number of rotatable bonds is 10. The van der Waals surface area contributed by atoms with Crippen molar-refractivity contribution in [3.63, 3.8) is 0 Å². The molecule has 1 aromatic heterocycles. The molecule has 7 nitrogen and oxygen atoms in total. The van der Waals surface area contributed by atoms with E-state index in [2.05, 4.69) is 32.5 Å². The predicted molar refractivity (Wildman–Crippen MR) is 131 cm³/mol.